The highest BCUT2D eigenvalue weighted by Gasteiger charge is 2.29. The summed E-state index contributed by atoms with van der Waals surface area (Å²) in [5, 5.41) is 0.434. The maximum absolute atomic E-state index is 12.9. The number of carbonyl (C=O) groups is 1. The number of aryl methyl sites for hydroxylation is 1. The first-order chi connectivity index (χ1) is 14.0. The smallest absolute Gasteiger partial charge is 0.328 e. The van der Waals surface area contributed by atoms with Gasteiger partial charge in [-0.05, 0) is 24.6 Å². The summed E-state index contributed by atoms with van der Waals surface area (Å²) in [5.41, 5.74) is 0.658. The van der Waals surface area contributed by atoms with Gasteiger partial charge in [-0.25, -0.2) is 4.79 Å². The summed E-state index contributed by atoms with van der Waals surface area (Å²) in [6.07, 6.45) is -0.0699. The van der Waals surface area contributed by atoms with Crippen LogP contribution in [0.4, 0.5) is 0 Å². The van der Waals surface area contributed by atoms with E-state index in [-0.39, 0.29) is 31.1 Å². The summed E-state index contributed by atoms with van der Waals surface area (Å²) in [6.45, 7) is 3.16. The van der Waals surface area contributed by atoms with Gasteiger partial charge < -0.3 is 9.64 Å². The van der Waals surface area contributed by atoms with Gasteiger partial charge in [0.05, 0.1) is 23.6 Å². The zero-order chi connectivity index (χ0) is 20.4. The number of rotatable bonds is 4. The molecule has 0 radical (unpaired) electrons. The van der Waals surface area contributed by atoms with E-state index in [2.05, 4.69) is 4.98 Å². The van der Waals surface area contributed by atoms with Crippen LogP contribution in [0.25, 0.3) is 10.9 Å². The zero-order valence-electron chi connectivity index (χ0n) is 16.2. The Balaban J connectivity index is 1.51. The third kappa shape index (κ3) is 4.00. The van der Waals surface area contributed by atoms with Crippen LogP contribution < -0.4 is 11.2 Å². The monoisotopic (exact) mass is 393 g/mol. The number of aromatic amines is 1. The van der Waals surface area contributed by atoms with Crippen LogP contribution in [0, 0.1) is 0 Å². The summed E-state index contributed by atoms with van der Waals surface area (Å²) in [4.78, 5) is 41.3. The number of nitrogens with one attached hydrogen (secondary N) is 1. The summed E-state index contributed by atoms with van der Waals surface area (Å²) in [7, 11) is 0. The second kappa shape index (κ2) is 8.05. The summed E-state index contributed by atoms with van der Waals surface area (Å²) in [5.74, 6) is -0.0386. The fraction of sp³-hybridized carbons (Fsp3) is 0.318. The molecule has 0 aliphatic carbocycles. The maximum Gasteiger partial charge on any atom is 0.328 e. The van der Waals surface area contributed by atoms with Gasteiger partial charge in [-0.15, -0.1) is 0 Å². The molecular formula is C22H23N3O4. The Morgan fingerprint density at radius 3 is 2.59 bits per heavy atom. The van der Waals surface area contributed by atoms with Crippen LogP contribution in [0.3, 0.4) is 0 Å². The average molecular weight is 393 g/mol. The molecule has 0 bridgehead atoms. The van der Waals surface area contributed by atoms with E-state index < -0.39 is 11.2 Å². The second-order valence-corrected chi connectivity index (χ2v) is 7.32. The van der Waals surface area contributed by atoms with Crippen molar-refractivity contribution in [3.8, 4) is 0 Å². The number of fused-ring (bicyclic) bond motifs is 1. The highest BCUT2D eigenvalue weighted by atomic mass is 16.5. The van der Waals surface area contributed by atoms with Crippen molar-refractivity contribution in [1.82, 2.24) is 14.5 Å². The normalized spacial score (nSPS) is 19.4. The molecule has 1 fully saturated rings. The Hall–Kier alpha value is -3.19. The van der Waals surface area contributed by atoms with Crippen LogP contribution in [0.5, 0.6) is 0 Å². The lowest BCUT2D eigenvalue weighted by Crippen LogP contribution is -2.46. The van der Waals surface area contributed by atoms with E-state index in [0.29, 0.717) is 24.0 Å². The zero-order valence-corrected chi connectivity index (χ0v) is 16.2. The van der Waals surface area contributed by atoms with Gasteiger partial charge in [0.25, 0.3) is 5.56 Å². The molecule has 1 aromatic heterocycles. The van der Waals surface area contributed by atoms with Crippen LogP contribution in [0.15, 0.2) is 64.2 Å². The molecule has 2 atom stereocenters. The van der Waals surface area contributed by atoms with E-state index in [1.165, 1.54) is 4.57 Å². The van der Waals surface area contributed by atoms with Gasteiger partial charge in [0.15, 0.2) is 0 Å². The molecule has 0 spiro atoms. The van der Waals surface area contributed by atoms with E-state index >= 15 is 0 Å². The van der Waals surface area contributed by atoms with Gasteiger partial charge in [0.2, 0.25) is 5.91 Å². The van der Waals surface area contributed by atoms with Crippen LogP contribution in [0.1, 0.15) is 25.0 Å². The number of nitrogens with zero attached hydrogens (tertiary/aromatic N) is 2. The van der Waals surface area contributed by atoms with Crippen LogP contribution >= 0.6 is 0 Å². The average Bonchev–Trinajstić information content (AvgIpc) is 2.73. The molecule has 1 aliphatic heterocycles. The molecular weight excluding hydrogens is 370 g/mol. The van der Waals surface area contributed by atoms with E-state index in [1.54, 1.807) is 29.2 Å². The van der Waals surface area contributed by atoms with Crippen molar-refractivity contribution in [2.45, 2.75) is 32.1 Å². The van der Waals surface area contributed by atoms with Gasteiger partial charge >= 0.3 is 5.69 Å². The Morgan fingerprint density at radius 2 is 1.79 bits per heavy atom. The molecule has 29 heavy (non-hydrogen) atoms. The highest BCUT2D eigenvalue weighted by molar-refractivity contribution is 5.79. The number of morpholine rings is 1. The molecule has 3 aromatic rings. The fourth-order valence-electron chi connectivity index (χ4n) is 3.84. The summed E-state index contributed by atoms with van der Waals surface area (Å²) >= 11 is 0. The minimum absolute atomic E-state index is 0.0386. The number of aromatic nitrogens is 2. The Kier molecular flexibility index (Phi) is 5.31. The van der Waals surface area contributed by atoms with E-state index in [1.807, 2.05) is 37.3 Å². The lowest BCUT2D eigenvalue weighted by atomic mass is 10.1. The first-order valence-electron chi connectivity index (χ1n) is 9.73. The first-order valence-corrected chi connectivity index (χ1v) is 9.73. The number of para-hydroxylation sites is 1. The molecule has 4 rings (SSSR count). The van der Waals surface area contributed by atoms with Crippen LogP contribution in [0.2, 0.25) is 0 Å². The number of hydrogen-bond acceptors (Lipinski definition) is 4. The second-order valence-electron chi connectivity index (χ2n) is 7.32. The largest absolute Gasteiger partial charge is 0.367 e. The lowest BCUT2D eigenvalue weighted by Gasteiger charge is -2.37. The fourth-order valence-corrected chi connectivity index (χ4v) is 3.84. The van der Waals surface area contributed by atoms with Gasteiger partial charge in [-0.3, -0.25) is 19.1 Å². The first kappa shape index (κ1) is 19.1. The molecule has 0 saturated carbocycles. The Bertz CT molecular complexity index is 1140. The Labute approximate surface area is 167 Å². The molecule has 150 valence electrons. The summed E-state index contributed by atoms with van der Waals surface area (Å²) < 4.78 is 7.47. The van der Waals surface area contributed by atoms with E-state index in [4.69, 9.17) is 4.74 Å². The van der Waals surface area contributed by atoms with E-state index in [0.717, 1.165) is 5.56 Å². The van der Waals surface area contributed by atoms with Crippen molar-refractivity contribution < 1.29 is 9.53 Å². The van der Waals surface area contributed by atoms with Crippen molar-refractivity contribution in [3.05, 3.63) is 81.0 Å². The predicted octanol–water partition coefficient (Wildman–Crippen LogP) is 2.07. The van der Waals surface area contributed by atoms with Crippen molar-refractivity contribution >= 4 is 16.8 Å². The highest BCUT2D eigenvalue weighted by Crippen LogP contribution is 2.25. The molecule has 2 heterocycles. The third-order valence-electron chi connectivity index (χ3n) is 5.24. The molecule has 7 heteroatoms. The van der Waals surface area contributed by atoms with Gasteiger partial charge in [0.1, 0.15) is 6.10 Å². The minimum Gasteiger partial charge on any atom is -0.367 e. The standard InChI is InChI=1S/C22H23N3O4/c1-15-13-24(14-19(29-15)16-7-3-2-4-8-16)20(26)11-12-25-18-10-6-5-9-17(18)21(27)23-22(25)28/h2-10,15,19H,11-14H2,1H3,(H,23,27,28). The number of hydrogen-bond donors (Lipinski definition) is 1. The molecule has 7 nitrogen and oxygen atoms in total. The topological polar surface area (TPSA) is 84.4 Å². The van der Waals surface area contributed by atoms with Crippen molar-refractivity contribution in [3.63, 3.8) is 0 Å². The molecule has 2 unspecified atom stereocenters. The van der Waals surface area contributed by atoms with Gasteiger partial charge in [0, 0.05) is 19.5 Å². The van der Waals surface area contributed by atoms with Crippen molar-refractivity contribution in [1.29, 1.82) is 0 Å². The maximum atomic E-state index is 12.9. The number of amides is 1. The van der Waals surface area contributed by atoms with Gasteiger partial charge in [-0.2, -0.15) is 0 Å². The van der Waals surface area contributed by atoms with Crippen molar-refractivity contribution in [2.24, 2.45) is 0 Å². The van der Waals surface area contributed by atoms with Crippen molar-refractivity contribution in [2.75, 3.05) is 13.1 Å². The SMILES string of the molecule is CC1CN(C(=O)CCn2c(=O)[nH]c(=O)c3ccccc32)CC(c2ccccc2)O1. The molecule has 1 aliphatic rings. The molecule has 1 amide bonds. The third-order valence-corrected chi connectivity index (χ3v) is 5.24. The Morgan fingerprint density at radius 1 is 1.07 bits per heavy atom. The minimum atomic E-state index is -0.501. The number of benzene rings is 2. The van der Waals surface area contributed by atoms with Crippen LogP contribution in [-0.4, -0.2) is 39.6 Å². The molecule has 1 saturated heterocycles. The van der Waals surface area contributed by atoms with E-state index in [9.17, 15) is 14.4 Å². The molecule has 2 aromatic carbocycles. The van der Waals surface area contributed by atoms with Crippen LogP contribution in [-0.2, 0) is 16.1 Å². The van der Waals surface area contributed by atoms with Gasteiger partial charge in [-0.1, -0.05) is 42.5 Å². The number of carbonyl (C=O) groups excluding carboxylic acids is 1. The number of ether oxygens (including phenoxy) is 1. The predicted molar refractivity (Wildman–Crippen MR) is 110 cm³/mol. The summed E-state index contributed by atoms with van der Waals surface area (Å²) in [6, 6.07) is 16.8. The molecule has 1 N–H and O–H groups in total. The quantitative estimate of drug-likeness (QED) is 0.735. The lowest BCUT2D eigenvalue weighted by molar-refractivity contribution is -0.145. The number of H-pyrrole nitrogens is 1.